The number of nitrogens with one attached hydrogen (secondary N) is 1. The zero-order valence-corrected chi connectivity index (χ0v) is 10.1. The van der Waals surface area contributed by atoms with Crippen molar-refractivity contribution in [3.05, 3.63) is 0 Å². The van der Waals surface area contributed by atoms with E-state index in [2.05, 4.69) is 12.2 Å². The molecule has 1 N–H and O–H groups in total. The van der Waals surface area contributed by atoms with Gasteiger partial charge in [-0.25, -0.2) is 0 Å². The molecule has 14 heavy (non-hydrogen) atoms. The fourth-order valence-electron chi connectivity index (χ4n) is 1.21. The average molecular weight is 218 g/mol. The highest BCUT2D eigenvalue weighted by atomic mass is 31.1. The predicted octanol–water partition coefficient (Wildman–Crippen LogP) is 3.51. The number of carbonyl (C=O) groups is 1. The van der Waals surface area contributed by atoms with Crippen LogP contribution in [-0.4, -0.2) is 18.9 Å². The van der Waals surface area contributed by atoms with Gasteiger partial charge in [0.25, 0.3) is 5.65 Å². The van der Waals surface area contributed by atoms with E-state index in [-0.39, 0.29) is 5.65 Å². The SMILES string of the molecule is CCCCCCCCNC(=O)[P](C)=O. The summed E-state index contributed by atoms with van der Waals surface area (Å²) in [5.74, 6) is 0. The van der Waals surface area contributed by atoms with Crippen LogP contribution in [0.2, 0.25) is 0 Å². The van der Waals surface area contributed by atoms with Crippen molar-refractivity contribution in [1.29, 1.82) is 0 Å². The Morgan fingerprint density at radius 2 is 1.71 bits per heavy atom. The molecule has 0 saturated heterocycles. The average Bonchev–Trinajstić information content (AvgIpc) is 2.16. The lowest BCUT2D eigenvalue weighted by atomic mass is 10.1. The minimum absolute atomic E-state index is 0.312. The minimum Gasteiger partial charge on any atom is -0.347 e. The van der Waals surface area contributed by atoms with Crippen LogP contribution < -0.4 is 5.32 Å². The molecule has 0 saturated carbocycles. The number of unbranched alkanes of at least 4 members (excludes halogenated alkanes) is 5. The molecule has 1 unspecified atom stereocenters. The van der Waals surface area contributed by atoms with Gasteiger partial charge in [-0.3, -0.25) is 9.36 Å². The van der Waals surface area contributed by atoms with Gasteiger partial charge in [-0.15, -0.1) is 0 Å². The highest BCUT2D eigenvalue weighted by Gasteiger charge is 2.03. The van der Waals surface area contributed by atoms with E-state index in [9.17, 15) is 9.36 Å². The van der Waals surface area contributed by atoms with Crippen LogP contribution in [0, 0.1) is 0 Å². The Hall–Kier alpha value is -0.430. The molecular weight excluding hydrogens is 197 g/mol. The number of rotatable bonds is 8. The van der Waals surface area contributed by atoms with E-state index in [4.69, 9.17) is 0 Å². The van der Waals surface area contributed by atoms with Gasteiger partial charge in [0.1, 0.15) is 0 Å². The highest BCUT2D eigenvalue weighted by molar-refractivity contribution is 7.62. The second-order valence-electron chi connectivity index (χ2n) is 3.50. The molecule has 1 radical (unpaired) electrons. The molecular formula is C10H21NO2P. The Morgan fingerprint density at radius 1 is 1.14 bits per heavy atom. The van der Waals surface area contributed by atoms with Gasteiger partial charge < -0.3 is 5.32 Å². The van der Waals surface area contributed by atoms with Gasteiger partial charge in [0.05, 0.1) is 0 Å². The van der Waals surface area contributed by atoms with Crippen molar-refractivity contribution in [1.82, 2.24) is 5.32 Å². The third-order valence-electron chi connectivity index (χ3n) is 2.09. The lowest BCUT2D eigenvalue weighted by Gasteiger charge is -2.02. The molecule has 1 amide bonds. The molecule has 0 aromatic heterocycles. The van der Waals surface area contributed by atoms with Crippen molar-refractivity contribution in [2.24, 2.45) is 0 Å². The van der Waals surface area contributed by atoms with E-state index < -0.39 is 7.80 Å². The summed E-state index contributed by atoms with van der Waals surface area (Å²) in [6.45, 7) is 4.30. The first kappa shape index (κ1) is 13.6. The Labute approximate surface area is 87.4 Å². The quantitative estimate of drug-likeness (QED) is 0.500. The van der Waals surface area contributed by atoms with Crippen LogP contribution in [0.1, 0.15) is 45.4 Å². The van der Waals surface area contributed by atoms with Crippen molar-refractivity contribution in [2.75, 3.05) is 13.2 Å². The molecule has 0 bridgehead atoms. The topological polar surface area (TPSA) is 46.2 Å². The van der Waals surface area contributed by atoms with E-state index in [1.54, 1.807) is 0 Å². The van der Waals surface area contributed by atoms with Gasteiger partial charge in [0.2, 0.25) is 0 Å². The standard InChI is InChI=1S/C10H21NO2P/c1-3-4-5-6-7-8-9-11-10(12)14(2)13/h3-9H2,1-2H3,(H,11,12). The second kappa shape index (κ2) is 9.14. The molecule has 4 heteroatoms. The van der Waals surface area contributed by atoms with Crippen molar-refractivity contribution in [2.45, 2.75) is 45.4 Å². The first-order valence-corrected chi connectivity index (χ1v) is 7.07. The summed E-state index contributed by atoms with van der Waals surface area (Å²) in [6.07, 6.45) is 7.23. The number of hydrogen-bond donors (Lipinski definition) is 1. The molecule has 1 atom stereocenters. The molecule has 0 aromatic rings. The lowest BCUT2D eigenvalue weighted by molar-refractivity contribution is 0.259. The first-order valence-electron chi connectivity index (χ1n) is 5.37. The van der Waals surface area contributed by atoms with Gasteiger partial charge in [-0.1, -0.05) is 39.0 Å². The monoisotopic (exact) mass is 218 g/mol. The van der Waals surface area contributed by atoms with E-state index in [1.165, 1.54) is 32.3 Å². The lowest BCUT2D eigenvalue weighted by Crippen LogP contribution is -2.19. The van der Waals surface area contributed by atoms with Crippen molar-refractivity contribution in [3.63, 3.8) is 0 Å². The zero-order valence-electron chi connectivity index (χ0n) is 9.21. The molecule has 0 spiro atoms. The number of carbonyl (C=O) groups excluding carboxylic acids is 1. The second-order valence-corrected chi connectivity index (χ2v) is 4.90. The summed E-state index contributed by atoms with van der Waals surface area (Å²) in [4.78, 5) is 10.9. The molecule has 0 aromatic carbocycles. The van der Waals surface area contributed by atoms with Gasteiger partial charge >= 0.3 is 0 Å². The van der Waals surface area contributed by atoms with Crippen molar-refractivity contribution < 1.29 is 9.36 Å². The molecule has 0 aliphatic rings. The normalized spacial score (nSPS) is 11.1. The van der Waals surface area contributed by atoms with Crippen LogP contribution in [0.3, 0.4) is 0 Å². The Bertz CT molecular complexity index is 183. The van der Waals surface area contributed by atoms with Gasteiger partial charge in [0, 0.05) is 13.2 Å². The fraction of sp³-hybridized carbons (Fsp3) is 0.900. The third-order valence-corrected chi connectivity index (χ3v) is 2.82. The molecule has 0 aliphatic carbocycles. The van der Waals surface area contributed by atoms with Crippen molar-refractivity contribution >= 4 is 13.4 Å². The summed E-state index contributed by atoms with van der Waals surface area (Å²) < 4.78 is 10.7. The summed E-state index contributed by atoms with van der Waals surface area (Å²) in [6, 6.07) is 0. The summed E-state index contributed by atoms with van der Waals surface area (Å²) in [5.41, 5.74) is -0.312. The Balaban J connectivity index is 3.13. The van der Waals surface area contributed by atoms with Crippen LogP contribution in [0.25, 0.3) is 0 Å². The van der Waals surface area contributed by atoms with E-state index in [0.717, 1.165) is 12.8 Å². The fourth-order valence-corrected chi connectivity index (χ4v) is 1.55. The van der Waals surface area contributed by atoms with Crippen molar-refractivity contribution in [3.8, 4) is 0 Å². The smallest absolute Gasteiger partial charge is 0.300 e. The van der Waals surface area contributed by atoms with Gasteiger partial charge in [-0.05, 0) is 6.42 Å². The van der Waals surface area contributed by atoms with E-state index in [0.29, 0.717) is 6.54 Å². The van der Waals surface area contributed by atoms with E-state index >= 15 is 0 Å². The van der Waals surface area contributed by atoms with Gasteiger partial charge in [0.15, 0.2) is 7.80 Å². The summed E-state index contributed by atoms with van der Waals surface area (Å²) in [7, 11) is -1.69. The molecule has 0 fully saturated rings. The molecule has 0 heterocycles. The molecule has 83 valence electrons. The number of hydrogen-bond acceptors (Lipinski definition) is 2. The van der Waals surface area contributed by atoms with Crippen LogP contribution in [0.4, 0.5) is 4.79 Å². The van der Waals surface area contributed by atoms with Crippen LogP contribution in [-0.2, 0) is 4.57 Å². The number of amides is 1. The van der Waals surface area contributed by atoms with Crippen LogP contribution in [0.15, 0.2) is 0 Å². The van der Waals surface area contributed by atoms with Crippen LogP contribution >= 0.6 is 7.80 Å². The Morgan fingerprint density at radius 3 is 2.29 bits per heavy atom. The first-order chi connectivity index (χ1) is 6.68. The molecule has 3 nitrogen and oxygen atoms in total. The predicted molar refractivity (Wildman–Crippen MR) is 60.3 cm³/mol. The minimum atomic E-state index is -1.69. The Kier molecular flexibility index (Phi) is 8.86. The zero-order chi connectivity index (χ0) is 10.8. The molecule has 0 rings (SSSR count). The summed E-state index contributed by atoms with van der Waals surface area (Å²) >= 11 is 0. The maximum atomic E-state index is 10.9. The highest BCUT2D eigenvalue weighted by Crippen LogP contribution is 2.13. The maximum Gasteiger partial charge on any atom is 0.300 e. The van der Waals surface area contributed by atoms with Gasteiger partial charge in [-0.2, -0.15) is 0 Å². The molecule has 0 aliphatic heterocycles. The largest absolute Gasteiger partial charge is 0.347 e. The van der Waals surface area contributed by atoms with E-state index in [1.807, 2.05) is 0 Å². The van der Waals surface area contributed by atoms with Crippen LogP contribution in [0.5, 0.6) is 0 Å². The third kappa shape index (κ3) is 8.18. The summed E-state index contributed by atoms with van der Waals surface area (Å²) in [5, 5.41) is 2.65. The maximum absolute atomic E-state index is 10.9.